The second-order valence-corrected chi connectivity index (χ2v) is 14.6. The quantitative estimate of drug-likeness (QED) is 0.132. The van der Waals surface area contributed by atoms with Crippen LogP contribution < -0.4 is 5.32 Å². The first-order valence-corrected chi connectivity index (χ1v) is 18.5. The van der Waals surface area contributed by atoms with Gasteiger partial charge in [-0.25, -0.2) is 9.98 Å². The van der Waals surface area contributed by atoms with Gasteiger partial charge in [-0.05, 0) is 94.3 Å². The lowest BCUT2D eigenvalue weighted by molar-refractivity contribution is 0.626. The Hall–Kier alpha value is -6.39. The summed E-state index contributed by atoms with van der Waals surface area (Å²) >= 11 is 0. The normalized spacial score (nSPS) is 20.2. The standard InChI is InChI=1S/C49H38N4/c1-49-43-19-11-9-17-38(43)40-25-26-41(46(49)45(40)49)39-18-10-12-20-44(39)52-36-23-21-33-27-35-28-34(22-24-37(35)42(33)29-36)48(51-30-31-13-5-3-6-14-31)53-47(50-2)32-15-7-4-8-16-32/h3-26,28-29,33,42,52H,2,27,30H2,1H3. The van der Waals surface area contributed by atoms with E-state index in [0.717, 1.165) is 34.5 Å². The third-order valence-electron chi connectivity index (χ3n) is 11.6. The number of allylic oxidation sites excluding steroid dienone is 3. The van der Waals surface area contributed by atoms with E-state index in [-0.39, 0.29) is 5.41 Å². The van der Waals surface area contributed by atoms with Crippen molar-refractivity contribution in [2.45, 2.75) is 31.2 Å². The zero-order chi connectivity index (χ0) is 35.5. The van der Waals surface area contributed by atoms with Gasteiger partial charge in [0.15, 0.2) is 11.7 Å². The Morgan fingerprint density at radius 2 is 1.42 bits per heavy atom. The molecule has 254 valence electrons. The van der Waals surface area contributed by atoms with Gasteiger partial charge in [0.25, 0.3) is 0 Å². The number of nitrogens with zero attached hydrogens (tertiary/aromatic N) is 3. The van der Waals surface area contributed by atoms with E-state index in [0.29, 0.717) is 30.1 Å². The molecule has 6 aromatic rings. The average molecular weight is 683 g/mol. The van der Waals surface area contributed by atoms with E-state index in [1.54, 1.807) is 0 Å². The Morgan fingerprint density at radius 3 is 2.21 bits per heavy atom. The molecule has 0 aliphatic heterocycles. The molecule has 6 aromatic carbocycles. The second-order valence-electron chi connectivity index (χ2n) is 14.6. The summed E-state index contributed by atoms with van der Waals surface area (Å²) in [4.78, 5) is 14.3. The van der Waals surface area contributed by atoms with Gasteiger partial charge in [0.05, 0.1) is 6.54 Å². The highest BCUT2D eigenvalue weighted by Crippen LogP contribution is 2.68. The minimum absolute atomic E-state index is 0.0181. The molecule has 4 heteroatoms. The molecule has 0 aromatic heterocycles. The lowest BCUT2D eigenvalue weighted by Gasteiger charge is -2.22. The molecular formula is C49H38N4. The minimum atomic E-state index is 0.0181. The Labute approximate surface area is 310 Å². The van der Waals surface area contributed by atoms with Gasteiger partial charge in [0.2, 0.25) is 0 Å². The molecule has 0 amide bonds. The summed E-state index contributed by atoms with van der Waals surface area (Å²) in [5.74, 6) is 1.93. The number of rotatable bonds is 7. The Morgan fingerprint density at radius 1 is 0.717 bits per heavy atom. The summed E-state index contributed by atoms with van der Waals surface area (Å²) in [6.07, 6.45) is 8.05. The van der Waals surface area contributed by atoms with Crippen molar-refractivity contribution in [1.82, 2.24) is 0 Å². The summed E-state index contributed by atoms with van der Waals surface area (Å²) < 4.78 is 0. The van der Waals surface area contributed by atoms with Crippen molar-refractivity contribution in [3.05, 3.63) is 208 Å². The lowest BCUT2D eigenvalue weighted by Crippen LogP contribution is -2.11. The van der Waals surface area contributed by atoms with Gasteiger partial charge in [-0.1, -0.05) is 140 Å². The van der Waals surface area contributed by atoms with Crippen LogP contribution in [0.4, 0.5) is 5.69 Å². The molecule has 4 aliphatic rings. The zero-order valence-electron chi connectivity index (χ0n) is 29.6. The molecule has 3 unspecified atom stereocenters. The number of fused-ring (bicyclic) bond motifs is 7. The first-order chi connectivity index (χ1) is 26.1. The van der Waals surface area contributed by atoms with Crippen LogP contribution in [0, 0.1) is 5.92 Å². The average Bonchev–Trinajstić information content (AvgIpc) is 3.55. The summed E-state index contributed by atoms with van der Waals surface area (Å²) in [5.41, 5.74) is 17.8. The van der Waals surface area contributed by atoms with Crippen LogP contribution in [0.25, 0.3) is 22.3 Å². The van der Waals surface area contributed by atoms with Gasteiger partial charge < -0.3 is 5.32 Å². The van der Waals surface area contributed by atoms with E-state index in [9.17, 15) is 0 Å². The number of benzene rings is 6. The SMILES string of the molecule is C=NC(=NC(=NCc1ccccc1)c1ccc2c(c1)CC1C=CC(Nc3ccccc3-c3ccc4c5c3C5(C)c3ccccc3-4)=CC21)c1ccccc1. The largest absolute Gasteiger partial charge is 0.355 e. The summed E-state index contributed by atoms with van der Waals surface area (Å²) in [6.45, 7) is 6.76. The molecule has 0 spiro atoms. The summed E-state index contributed by atoms with van der Waals surface area (Å²) in [6, 6.07) is 49.3. The van der Waals surface area contributed by atoms with Crippen LogP contribution >= 0.6 is 0 Å². The third-order valence-corrected chi connectivity index (χ3v) is 11.6. The molecule has 3 atom stereocenters. The Kier molecular flexibility index (Phi) is 7.33. The van der Waals surface area contributed by atoms with Crippen LogP contribution in [-0.4, -0.2) is 18.4 Å². The van der Waals surface area contributed by atoms with Crippen LogP contribution in [0.3, 0.4) is 0 Å². The number of hydrogen-bond donors (Lipinski definition) is 1. The second kappa shape index (κ2) is 12.4. The van der Waals surface area contributed by atoms with E-state index in [4.69, 9.17) is 9.98 Å². The molecule has 10 rings (SSSR count). The molecule has 0 bridgehead atoms. The fourth-order valence-corrected chi connectivity index (χ4v) is 9.01. The highest BCUT2D eigenvalue weighted by atomic mass is 15.0. The fraction of sp³-hybridized carbons (Fsp3) is 0.122. The third kappa shape index (κ3) is 5.16. The van der Waals surface area contributed by atoms with Gasteiger partial charge in [-0.3, -0.25) is 4.99 Å². The van der Waals surface area contributed by atoms with Crippen LogP contribution in [0.5, 0.6) is 0 Å². The van der Waals surface area contributed by atoms with E-state index >= 15 is 0 Å². The zero-order valence-corrected chi connectivity index (χ0v) is 29.6. The molecule has 4 nitrogen and oxygen atoms in total. The van der Waals surface area contributed by atoms with E-state index in [1.165, 1.54) is 50.1 Å². The topological polar surface area (TPSA) is 49.1 Å². The van der Waals surface area contributed by atoms with Crippen molar-refractivity contribution in [3.8, 4) is 22.3 Å². The van der Waals surface area contributed by atoms with Crippen molar-refractivity contribution in [2.75, 3.05) is 5.32 Å². The van der Waals surface area contributed by atoms with E-state index in [2.05, 4.69) is 133 Å². The van der Waals surface area contributed by atoms with Gasteiger partial charge in [-0.15, -0.1) is 0 Å². The van der Waals surface area contributed by atoms with E-state index < -0.39 is 0 Å². The molecule has 0 saturated carbocycles. The van der Waals surface area contributed by atoms with Crippen molar-refractivity contribution in [3.63, 3.8) is 0 Å². The van der Waals surface area contributed by atoms with Crippen LogP contribution in [0.15, 0.2) is 178 Å². The maximum atomic E-state index is 5.03. The van der Waals surface area contributed by atoms with Gasteiger partial charge in [0, 0.05) is 39.4 Å². The Balaban J connectivity index is 0.951. The van der Waals surface area contributed by atoms with Crippen molar-refractivity contribution < 1.29 is 0 Å². The van der Waals surface area contributed by atoms with Crippen molar-refractivity contribution in [1.29, 1.82) is 0 Å². The van der Waals surface area contributed by atoms with Crippen molar-refractivity contribution in [2.24, 2.45) is 20.9 Å². The Bertz CT molecular complexity index is 2580. The number of hydrogen-bond acceptors (Lipinski definition) is 2. The highest BCUT2D eigenvalue weighted by molar-refractivity contribution is 6.12. The van der Waals surface area contributed by atoms with Gasteiger partial charge in [0.1, 0.15) is 0 Å². The van der Waals surface area contributed by atoms with Gasteiger partial charge in [-0.2, -0.15) is 0 Å². The predicted molar refractivity (Wildman–Crippen MR) is 219 cm³/mol. The maximum absolute atomic E-state index is 5.03. The number of nitrogens with one attached hydrogen (secondary N) is 1. The molecular weight excluding hydrogens is 645 g/mol. The molecule has 0 fully saturated rings. The maximum Gasteiger partial charge on any atom is 0.161 e. The van der Waals surface area contributed by atoms with Crippen LogP contribution in [0.2, 0.25) is 0 Å². The summed E-state index contributed by atoms with van der Waals surface area (Å²) in [5, 5.41) is 3.85. The molecule has 1 N–H and O–H groups in total. The first-order valence-electron chi connectivity index (χ1n) is 18.5. The van der Waals surface area contributed by atoms with Crippen LogP contribution in [-0.2, 0) is 18.4 Å². The molecule has 4 aliphatic carbocycles. The monoisotopic (exact) mass is 682 g/mol. The van der Waals surface area contributed by atoms with Gasteiger partial charge >= 0.3 is 0 Å². The number of para-hydroxylation sites is 1. The van der Waals surface area contributed by atoms with Crippen LogP contribution in [0.1, 0.15) is 57.3 Å². The molecule has 0 heterocycles. The molecule has 53 heavy (non-hydrogen) atoms. The van der Waals surface area contributed by atoms with Crippen molar-refractivity contribution >= 4 is 24.1 Å². The fourth-order valence-electron chi connectivity index (χ4n) is 9.01. The highest BCUT2D eigenvalue weighted by Gasteiger charge is 2.56. The smallest absolute Gasteiger partial charge is 0.161 e. The van der Waals surface area contributed by atoms with E-state index in [1.807, 2.05) is 48.5 Å². The predicted octanol–water partition coefficient (Wildman–Crippen LogP) is 10.9. The summed E-state index contributed by atoms with van der Waals surface area (Å²) in [7, 11) is 0. The first kappa shape index (κ1) is 31.4. The molecule has 0 saturated heterocycles. The lowest BCUT2D eigenvalue weighted by atomic mass is 9.87. The minimum Gasteiger partial charge on any atom is -0.355 e. The molecule has 0 radical (unpaired) electrons. The number of anilines is 1. The number of aliphatic imine (C=N–C) groups is 3. The number of amidine groups is 2.